The van der Waals surface area contributed by atoms with Crippen LogP contribution < -0.4 is 0 Å². The highest BCUT2D eigenvalue weighted by atomic mass is 16.4. The first-order valence-electron chi connectivity index (χ1n) is 5.20. The van der Waals surface area contributed by atoms with Crippen LogP contribution in [-0.4, -0.2) is 22.2 Å². The molecule has 0 aromatic carbocycles. The fraction of sp³-hybridized carbons (Fsp3) is 0.417. The number of carboxylic acids is 2. The third-order valence-electron chi connectivity index (χ3n) is 2.33. The van der Waals surface area contributed by atoms with Crippen LogP contribution in [0.25, 0.3) is 0 Å². The molecule has 0 amide bonds. The molecule has 0 aliphatic rings. The van der Waals surface area contributed by atoms with Gasteiger partial charge in [-0.25, -0.2) is 9.59 Å². The summed E-state index contributed by atoms with van der Waals surface area (Å²) in [6, 6.07) is 1.73. The van der Waals surface area contributed by atoms with Gasteiger partial charge in [0.25, 0.3) is 0 Å². The van der Waals surface area contributed by atoms with Crippen molar-refractivity contribution in [3.63, 3.8) is 0 Å². The van der Waals surface area contributed by atoms with Crippen LogP contribution in [0.1, 0.15) is 26.2 Å². The van der Waals surface area contributed by atoms with Crippen molar-refractivity contribution in [1.29, 1.82) is 5.26 Å². The molecule has 92 valence electrons. The third-order valence-corrected chi connectivity index (χ3v) is 2.33. The van der Waals surface area contributed by atoms with Gasteiger partial charge < -0.3 is 10.2 Å². The van der Waals surface area contributed by atoms with Gasteiger partial charge in [0.2, 0.25) is 0 Å². The SMILES string of the molecule is C=C(C(=O)O)C(CCCC)C(C#N)=CC(=O)O. The van der Waals surface area contributed by atoms with Crippen molar-refractivity contribution in [1.82, 2.24) is 0 Å². The van der Waals surface area contributed by atoms with Gasteiger partial charge in [-0.2, -0.15) is 5.26 Å². The highest BCUT2D eigenvalue weighted by Crippen LogP contribution is 2.25. The molecule has 0 bridgehead atoms. The van der Waals surface area contributed by atoms with E-state index in [1.807, 2.05) is 6.92 Å². The van der Waals surface area contributed by atoms with E-state index in [0.29, 0.717) is 12.8 Å². The molecule has 5 heteroatoms. The first-order valence-corrected chi connectivity index (χ1v) is 5.20. The summed E-state index contributed by atoms with van der Waals surface area (Å²) in [4.78, 5) is 21.4. The number of hydrogen-bond acceptors (Lipinski definition) is 3. The molecule has 0 radical (unpaired) electrons. The Balaban J connectivity index is 5.15. The molecule has 0 spiro atoms. The van der Waals surface area contributed by atoms with Crippen molar-refractivity contribution in [3.05, 3.63) is 23.8 Å². The summed E-state index contributed by atoms with van der Waals surface area (Å²) in [6.45, 7) is 5.32. The van der Waals surface area contributed by atoms with Gasteiger partial charge in [-0.05, 0) is 6.42 Å². The van der Waals surface area contributed by atoms with Crippen LogP contribution in [0.3, 0.4) is 0 Å². The number of rotatable bonds is 7. The van der Waals surface area contributed by atoms with Gasteiger partial charge in [-0.3, -0.25) is 0 Å². The molecule has 0 aromatic rings. The second kappa shape index (κ2) is 7.23. The van der Waals surface area contributed by atoms with Crippen molar-refractivity contribution < 1.29 is 19.8 Å². The van der Waals surface area contributed by atoms with Crippen molar-refractivity contribution >= 4 is 11.9 Å². The molecule has 0 saturated carbocycles. The lowest BCUT2D eigenvalue weighted by Gasteiger charge is -2.15. The van der Waals surface area contributed by atoms with Crippen LogP contribution >= 0.6 is 0 Å². The van der Waals surface area contributed by atoms with Crippen molar-refractivity contribution in [2.24, 2.45) is 5.92 Å². The highest BCUT2D eigenvalue weighted by molar-refractivity contribution is 5.88. The van der Waals surface area contributed by atoms with Crippen LogP contribution in [0, 0.1) is 17.2 Å². The Morgan fingerprint density at radius 2 is 2.06 bits per heavy atom. The number of hydrogen-bond donors (Lipinski definition) is 2. The van der Waals surface area contributed by atoms with E-state index in [1.165, 1.54) is 0 Å². The number of nitrogens with zero attached hydrogens (tertiary/aromatic N) is 1. The minimum Gasteiger partial charge on any atom is -0.478 e. The van der Waals surface area contributed by atoms with E-state index >= 15 is 0 Å². The van der Waals surface area contributed by atoms with Crippen molar-refractivity contribution in [2.75, 3.05) is 0 Å². The zero-order valence-corrected chi connectivity index (χ0v) is 9.64. The summed E-state index contributed by atoms with van der Waals surface area (Å²) in [5.41, 5.74) is -0.217. The second-order valence-corrected chi connectivity index (χ2v) is 3.57. The maximum absolute atomic E-state index is 10.8. The molecule has 5 nitrogen and oxygen atoms in total. The average molecular weight is 237 g/mol. The Kier molecular flexibility index (Phi) is 6.34. The molecule has 0 saturated heterocycles. The molecule has 0 aromatic heterocycles. The Morgan fingerprint density at radius 1 is 1.47 bits per heavy atom. The van der Waals surface area contributed by atoms with E-state index in [-0.39, 0.29) is 11.1 Å². The topological polar surface area (TPSA) is 98.4 Å². The van der Waals surface area contributed by atoms with Crippen molar-refractivity contribution in [2.45, 2.75) is 26.2 Å². The van der Waals surface area contributed by atoms with Gasteiger partial charge >= 0.3 is 11.9 Å². The molecular formula is C12H15NO4. The lowest BCUT2D eigenvalue weighted by atomic mass is 9.87. The van der Waals surface area contributed by atoms with E-state index in [0.717, 1.165) is 12.5 Å². The fourth-order valence-corrected chi connectivity index (χ4v) is 1.42. The summed E-state index contributed by atoms with van der Waals surface area (Å²) >= 11 is 0. The Bertz CT molecular complexity index is 390. The largest absolute Gasteiger partial charge is 0.478 e. The van der Waals surface area contributed by atoms with E-state index < -0.39 is 17.9 Å². The molecule has 2 N–H and O–H groups in total. The third kappa shape index (κ3) is 4.98. The van der Waals surface area contributed by atoms with Gasteiger partial charge in [0, 0.05) is 23.1 Å². The van der Waals surface area contributed by atoms with Crippen LogP contribution in [-0.2, 0) is 9.59 Å². The van der Waals surface area contributed by atoms with Gasteiger partial charge in [0.15, 0.2) is 0 Å². The zero-order valence-electron chi connectivity index (χ0n) is 9.64. The average Bonchev–Trinajstić information content (AvgIpc) is 2.26. The summed E-state index contributed by atoms with van der Waals surface area (Å²) in [6.07, 6.45) is 2.69. The number of nitriles is 1. The molecule has 0 heterocycles. The summed E-state index contributed by atoms with van der Waals surface area (Å²) in [5, 5.41) is 26.3. The number of aliphatic carboxylic acids is 2. The monoisotopic (exact) mass is 237 g/mol. The maximum Gasteiger partial charge on any atom is 0.331 e. The van der Waals surface area contributed by atoms with Crippen LogP contribution in [0.4, 0.5) is 0 Å². The predicted molar refractivity (Wildman–Crippen MR) is 61.1 cm³/mol. The van der Waals surface area contributed by atoms with Crippen molar-refractivity contribution in [3.8, 4) is 6.07 Å². The molecule has 0 aliphatic heterocycles. The summed E-state index contributed by atoms with van der Waals surface area (Å²) < 4.78 is 0. The summed E-state index contributed by atoms with van der Waals surface area (Å²) in [5.74, 6) is -3.20. The van der Waals surface area contributed by atoms with Crippen LogP contribution in [0.15, 0.2) is 23.8 Å². The Hall–Kier alpha value is -2.09. The Labute approximate surface area is 99.7 Å². The Morgan fingerprint density at radius 3 is 2.41 bits per heavy atom. The molecule has 0 rings (SSSR count). The minimum atomic E-state index is -1.26. The van der Waals surface area contributed by atoms with Gasteiger partial charge in [0.1, 0.15) is 0 Å². The molecule has 0 fully saturated rings. The van der Waals surface area contributed by atoms with Gasteiger partial charge in [0.05, 0.1) is 6.07 Å². The highest BCUT2D eigenvalue weighted by Gasteiger charge is 2.22. The molecule has 0 aliphatic carbocycles. The second-order valence-electron chi connectivity index (χ2n) is 3.57. The molecule has 1 atom stereocenters. The molecule has 1 unspecified atom stereocenters. The predicted octanol–water partition coefficient (Wildman–Crippen LogP) is 1.97. The smallest absolute Gasteiger partial charge is 0.331 e. The van der Waals surface area contributed by atoms with E-state index in [9.17, 15) is 9.59 Å². The quantitative estimate of drug-likeness (QED) is 0.521. The zero-order chi connectivity index (χ0) is 13.4. The lowest BCUT2D eigenvalue weighted by Crippen LogP contribution is -2.14. The maximum atomic E-state index is 10.8. The number of allylic oxidation sites excluding steroid dienone is 1. The van der Waals surface area contributed by atoms with E-state index in [4.69, 9.17) is 15.5 Å². The van der Waals surface area contributed by atoms with Crippen LogP contribution in [0.2, 0.25) is 0 Å². The first-order chi connectivity index (χ1) is 7.93. The lowest BCUT2D eigenvalue weighted by molar-refractivity contribution is -0.133. The minimum absolute atomic E-state index is 0.0710. The van der Waals surface area contributed by atoms with Gasteiger partial charge in [-0.1, -0.05) is 26.3 Å². The first kappa shape index (κ1) is 14.9. The molecule has 17 heavy (non-hydrogen) atoms. The number of unbranched alkanes of at least 4 members (excludes halogenated alkanes) is 1. The van der Waals surface area contributed by atoms with Gasteiger partial charge in [-0.15, -0.1) is 0 Å². The standard InChI is InChI=1S/C12H15NO4/c1-3-4-5-10(8(2)12(16)17)9(7-13)6-11(14)15/h6,10H,2-5H2,1H3,(H,14,15)(H,16,17). The summed E-state index contributed by atoms with van der Waals surface area (Å²) in [7, 11) is 0. The number of carboxylic acid groups (broad SMARTS) is 2. The van der Waals surface area contributed by atoms with E-state index in [1.54, 1.807) is 6.07 Å². The fourth-order valence-electron chi connectivity index (χ4n) is 1.42. The normalized spacial score (nSPS) is 12.6. The number of carbonyl (C=O) groups is 2. The molecular weight excluding hydrogens is 222 g/mol. The van der Waals surface area contributed by atoms with Crippen LogP contribution in [0.5, 0.6) is 0 Å². The van der Waals surface area contributed by atoms with E-state index in [2.05, 4.69) is 6.58 Å².